The predicted molar refractivity (Wildman–Crippen MR) is 91.5 cm³/mol. The summed E-state index contributed by atoms with van der Waals surface area (Å²) in [5.74, 6) is -0.368. The van der Waals surface area contributed by atoms with Crippen LogP contribution in [0, 0.1) is 6.92 Å². The van der Waals surface area contributed by atoms with Crippen LogP contribution in [0.15, 0.2) is 42.5 Å². The van der Waals surface area contributed by atoms with Gasteiger partial charge in [-0.25, -0.2) is 10.1 Å². The van der Waals surface area contributed by atoms with Crippen molar-refractivity contribution in [3.63, 3.8) is 0 Å². The normalized spacial score (nSPS) is 14.9. The molecule has 0 saturated carbocycles. The van der Waals surface area contributed by atoms with Gasteiger partial charge in [-0.05, 0) is 38.5 Å². The molecule has 1 aliphatic rings. The van der Waals surface area contributed by atoms with Gasteiger partial charge in [0.05, 0.1) is 0 Å². The van der Waals surface area contributed by atoms with E-state index in [1.807, 2.05) is 32.9 Å². The molecule has 1 aliphatic heterocycles. The summed E-state index contributed by atoms with van der Waals surface area (Å²) in [6.45, 7) is 5.81. The third kappa shape index (κ3) is 2.84. The first kappa shape index (κ1) is 16.4. The second kappa shape index (κ2) is 6.19. The van der Waals surface area contributed by atoms with Crippen LogP contribution < -0.4 is 10.2 Å². The Balaban J connectivity index is 1.90. The topological polar surface area (TPSA) is 74.2 Å². The molecule has 5 heteroatoms. The molecule has 1 atom stereocenters. The lowest BCUT2D eigenvalue weighted by atomic mass is 9.98. The number of primary amides is 1. The maximum Gasteiger partial charge on any atom is 0.425 e. The molecule has 0 aromatic heterocycles. The van der Waals surface area contributed by atoms with Gasteiger partial charge >= 0.3 is 6.03 Å². The van der Waals surface area contributed by atoms with E-state index in [0.717, 1.165) is 16.9 Å². The van der Waals surface area contributed by atoms with Crippen molar-refractivity contribution in [2.75, 3.05) is 4.90 Å². The zero-order chi connectivity index (χ0) is 17.4. The number of nitrogens with zero attached hydrogens (tertiary/aromatic N) is 1. The van der Waals surface area contributed by atoms with Crippen LogP contribution in [-0.4, -0.2) is 23.0 Å². The Bertz CT molecular complexity index is 814. The molecule has 0 saturated heterocycles. The number of urea groups is 1. The number of aliphatic hydroxyl groups is 1. The van der Waals surface area contributed by atoms with Gasteiger partial charge in [-0.1, -0.05) is 29.8 Å². The van der Waals surface area contributed by atoms with E-state index < -0.39 is 6.10 Å². The fourth-order valence-corrected chi connectivity index (χ4v) is 3.05. The number of quaternary nitrogens is 1. The molecule has 1 unspecified atom stereocenters. The highest BCUT2D eigenvalue weighted by Gasteiger charge is 2.35. The molecule has 2 amide bonds. The Labute approximate surface area is 140 Å². The van der Waals surface area contributed by atoms with Crippen LogP contribution >= 0.6 is 0 Å². The van der Waals surface area contributed by atoms with Crippen LogP contribution in [0.3, 0.4) is 0 Å². The van der Waals surface area contributed by atoms with Crippen molar-refractivity contribution in [2.45, 2.75) is 32.9 Å². The third-order valence-electron chi connectivity index (χ3n) is 4.21. The maximum absolute atomic E-state index is 12.6. The van der Waals surface area contributed by atoms with Crippen molar-refractivity contribution < 1.29 is 20.0 Å². The lowest BCUT2D eigenvalue weighted by molar-refractivity contribution is -0.454. The molecule has 2 aromatic carbocycles. The summed E-state index contributed by atoms with van der Waals surface area (Å²) in [5.41, 5.74) is 3.48. The summed E-state index contributed by atoms with van der Waals surface area (Å²) < 4.78 is 0. The Morgan fingerprint density at radius 1 is 1.17 bits per heavy atom. The van der Waals surface area contributed by atoms with Gasteiger partial charge in [0.2, 0.25) is 0 Å². The molecular weight excluding hydrogens is 304 g/mol. The van der Waals surface area contributed by atoms with Crippen LogP contribution in [-0.2, 0) is 0 Å². The van der Waals surface area contributed by atoms with E-state index in [9.17, 15) is 14.7 Å². The number of hydrogen-bond donors (Lipinski definition) is 2. The van der Waals surface area contributed by atoms with Crippen LogP contribution in [0.25, 0.3) is 0 Å². The molecule has 2 aromatic rings. The monoisotopic (exact) mass is 325 g/mol. The summed E-state index contributed by atoms with van der Waals surface area (Å²) in [5, 5.41) is 11.9. The van der Waals surface area contributed by atoms with Gasteiger partial charge in [0.25, 0.3) is 0 Å². The smallest absolute Gasteiger partial charge is 0.380 e. The summed E-state index contributed by atoms with van der Waals surface area (Å²) in [6.07, 6.45) is -1.21. The highest BCUT2D eigenvalue weighted by Crippen LogP contribution is 2.30. The van der Waals surface area contributed by atoms with Gasteiger partial charge in [0.1, 0.15) is 11.8 Å². The Kier molecular flexibility index (Phi) is 4.22. The number of nitrogens with two attached hydrogens (primary N) is 1. The van der Waals surface area contributed by atoms with E-state index in [2.05, 4.69) is 0 Å². The number of Topliss-reactive ketones (excluding diaryl/α,β-unsaturated/α-hetero) is 1. The Morgan fingerprint density at radius 3 is 2.58 bits per heavy atom. The fourth-order valence-electron chi connectivity index (χ4n) is 3.05. The molecule has 0 bridgehead atoms. The highest BCUT2D eigenvalue weighted by atomic mass is 16.3. The molecule has 0 aliphatic carbocycles. The van der Waals surface area contributed by atoms with Crippen LogP contribution in [0.4, 0.5) is 16.2 Å². The second-order valence-corrected chi connectivity index (χ2v) is 6.40. The molecule has 0 fully saturated rings. The van der Waals surface area contributed by atoms with E-state index in [1.54, 1.807) is 35.2 Å². The summed E-state index contributed by atoms with van der Waals surface area (Å²) in [6, 6.07) is 12.4. The number of carbonyl (C=O) groups excluding carboxylic acids is 2. The van der Waals surface area contributed by atoms with Crippen molar-refractivity contribution in [3.05, 3.63) is 59.2 Å². The first-order chi connectivity index (χ1) is 11.4. The number of aryl methyl sites for hydroxylation is 1. The van der Waals surface area contributed by atoms with E-state index in [4.69, 9.17) is 0 Å². The SMILES string of the molecule is Cc1cccc(C(O)C(=O)c2ccc3c(c2)[NH2+]C(=O)N3C(C)C)c1. The second-order valence-electron chi connectivity index (χ2n) is 6.40. The van der Waals surface area contributed by atoms with Gasteiger partial charge in [-0.2, -0.15) is 0 Å². The number of aliphatic hydroxyl groups excluding tert-OH is 1. The molecule has 3 rings (SSSR count). The number of carbonyl (C=O) groups is 2. The Hall–Kier alpha value is -2.50. The molecule has 1 heterocycles. The van der Waals surface area contributed by atoms with Gasteiger partial charge in [0, 0.05) is 17.7 Å². The lowest BCUT2D eigenvalue weighted by Gasteiger charge is -2.17. The van der Waals surface area contributed by atoms with E-state index in [0.29, 0.717) is 11.1 Å². The average Bonchev–Trinajstić information content (AvgIpc) is 2.88. The summed E-state index contributed by atoms with van der Waals surface area (Å²) in [4.78, 5) is 26.4. The zero-order valence-corrected chi connectivity index (χ0v) is 14.0. The summed E-state index contributed by atoms with van der Waals surface area (Å²) >= 11 is 0. The lowest BCUT2D eigenvalue weighted by Crippen LogP contribution is -2.82. The number of anilines is 1. The largest absolute Gasteiger partial charge is 0.425 e. The van der Waals surface area contributed by atoms with Crippen molar-refractivity contribution in [1.82, 2.24) is 0 Å². The van der Waals surface area contributed by atoms with Gasteiger partial charge < -0.3 is 5.11 Å². The first-order valence-electron chi connectivity index (χ1n) is 7.99. The van der Waals surface area contributed by atoms with Crippen molar-refractivity contribution >= 4 is 23.2 Å². The van der Waals surface area contributed by atoms with E-state index in [-0.39, 0.29) is 17.9 Å². The number of hydrogen-bond acceptors (Lipinski definition) is 3. The fraction of sp³-hybridized carbons (Fsp3) is 0.263. The minimum Gasteiger partial charge on any atom is -0.380 e. The number of benzene rings is 2. The molecule has 5 nitrogen and oxygen atoms in total. The standard InChI is InChI=1S/C19H20N2O3/c1-11(2)21-16-8-7-14(10-15(16)20-19(21)24)18(23)17(22)13-6-4-5-12(3)9-13/h4-11,17,22H,1-3H3,(H,20,24)/p+1. The Morgan fingerprint density at radius 2 is 1.92 bits per heavy atom. The maximum atomic E-state index is 12.6. The highest BCUT2D eigenvalue weighted by molar-refractivity contribution is 6.03. The van der Waals surface area contributed by atoms with Gasteiger partial charge in [0.15, 0.2) is 11.5 Å². The minimum absolute atomic E-state index is 0.0504. The first-order valence-corrected chi connectivity index (χ1v) is 7.99. The molecule has 124 valence electrons. The van der Waals surface area contributed by atoms with Crippen LogP contribution in [0.2, 0.25) is 0 Å². The molecule has 3 N–H and O–H groups in total. The summed E-state index contributed by atoms with van der Waals surface area (Å²) in [7, 11) is 0. The quantitative estimate of drug-likeness (QED) is 0.670. The third-order valence-corrected chi connectivity index (χ3v) is 4.21. The predicted octanol–water partition coefficient (Wildman–Crippen LogP) is 2.45. The van der Waals surface area contributed by atoms with Crippen LogP contribution in [0.5, 0.6) is 0 Å². The molecule has 0 spiro atoms. The van der Waals surface area contributed by atoms with E-state index in [1.165, 1.54) is 5.32 Å². The van der Waals surface area contributed by atoms with E-state index >= 15 is 0 Å². The van der Waals surface area contributed by atoms with Crippen molar-refractivity contribution in [3.8, 4) is 0 Å². The zero-order valence-electron chi connectivity index (χ0n) is 14.0. The van der Waals surface area contributed by atoms with Crippen molar-refractivity contribution in [1.29, 1.82) is 0 Å². The number of amides is 2. The van der Waals surface area contributed by atoms with Crippen molar-refractivity contribution in [2.24, 2.45) is 0 Å². The molecular formula is C19H21N2O3+. The molecule has 24 heavy (non-hydrogen) atoms. The number of ketones is 1. The number of rotatable bonds is 4. The van der Waals surface area contributed by atoms with Gasteiger partial charge in [-0.15, -0.1) is 0 Å². The van der Waals surface area contributed by atoms with Gasteiger partial charge in [-0.3, -0.25) is 9.69 Å². The average molecular weight is 325 g/mol. The number of fused-ring (bicyclic) bond motifs is 1. The minimum atomic E-state index is -1.21. The van der Waals surface area contributed by atoms with Crippen LogP contribution in [0.1, 0.15) is 41.4 Å². The molecule has 0 radical (unpaired) electrons.